The molecule has 0 unspecified atom stereocenters. The Morgan fingerprint density at radius 2 is 1.77 bits per heavy atom. The number of rotatable bonds is 11. The van der Waals surface area contributed by atoms with Crippen molar-refractivity contribution < 1.29 is 17.9 Å². The summed E-state index contributed by atoms with van der Waals surface area (Å²) in [4.78, 5) is 12.4. The predicted octanol–water partition coefficient (Wildman–Crippen LogP) is 4.70. The van der Waals surface area contributed by atoms with Crippen molar-refractivity contribution >= 4 is 33.0 Å². The Hall–Kier alpha value is -2.84. The number of hydrogen-bond acceptors (Lipinski definition) is 5. The second kappa shape index (κ2) is 11.0. The van der Waals surface area contributed by atoms with Crippen LogP contribution in [0.5, 0.6) is 5.75 Å². The molecule has 0 aliphatic rings. The van der Waals surface area contributed by atoms with Gasteiger partial charge < -0.3 is 10.1 Å². The topological polar surface area (TPSA) is 84.5 Å². The van der Waals surface area contributed by atoms with E-state index in [0.29, 0.717) is 24.2 Å². The number of carbonyl (C=O) groups is 1. The first-order valence-corrected chi connectivity index (χ1v) is 12.5. The minimum absolute atomic E-state index is 0.202. The van der Waals surface area contributed by atoms with Crippen molar-refractivity contribution in [1.29, 1.82) is 0 Å². The van der Waals surface area contributed by atoms with E-state index < -0.39 is 10.0 Å². The molecule has 0 saturated carbocycles. The monoisotopic (exact) mass is 458 g/mol. The number of thiophene rings is 1. The molecule has 2 aromatic carbocycles. The SMILES string of the molecule is CCCCOc1ccc(CCNC(=O)c2ccc(NS(=O)(=O)c3cccs3)cc2)cc1. The zero-order valence-corrected chi connectivity index (χ0v) is 19.0. The Kier molecular flexibility index (Phi) is 8.08. The van der Waals surface area contributed by atoms with Crippen LogP contribution in [0.25, 0.3) is 0 Å². The first kappa shape index (κ1) is 22.8. The molecule has 0 saturated heterocycles. The number of carbonyl (C=O) groups excluding carboxylic acids is 1. The largest absolute Gasteiger partial charge is 0.494 e. The van der Waals surface area contributed by atoms with Crippen LogP contribution in [-0.4, -0.2) is 27.5 Å². The van der Waals surface area contributed by atoms with E-state index in [1.165, 1.54) is 0 Å². The molecule has 1 heterocycles. The second-order valence-corrected chi connectivity index (χ2v) is 9.82. The minimum atomic E-state index is -3.60. The van der Waals surface area contributed by atoms with Crippen molar-refractivity contribution in [3.05, 3.63) is 77.2 Å². The Balaban J connectivity index is 1.46. The maximum Gasteiger partial charge on any atom is 0.271 e. The number of amides is 1. The number of anilines is 1. The third-order valence-corrected chi connectivity index (χ3v) is 7.33. The van der Waals surface area contributed by atoms with E-state index in [0.717, 1.165) is 42.1 Å². The van der Waals surface area contributed by atoms with Crippen molar-refractivity contribution in [1.82, 2.24) is 5.32 Å². The van der Waals surface area contributed by atoms with Gasteiger partial charge in [0.1, 0.15) is 9.96 Å². The van der Waals surface area contributed by atoms with Crippen LogP contribution in [0.4, 0.5) is 5.69 Å². The Morgan fingerprint density at radius 3 is 2.42 bits per heavy atom. The summed E-state index contributed by atoms with van der Waals surface area (Å²) in [6.45, 7) is 3.35. The van der Waals surface area contributed by atoms with Crippen molar-refractivity contribution in [2.24, 2.45) is 0 Å². The summed E-state index contributed by atoms with van der Waals surface area (Å²) in [5.74, 6) is 0.656. The lowest BCUT2D eigenvalue weighted by atomic mass is 10.1. The summed E-state index contributed by atoms with van der Waals surface area (Å²) in [6.07, 6.45) is 2.85. The van der Waals surface area contributed by atoms with Crippen molar-refractivity contribution in [3.8, 4) is 5.75 Å². The first-order valence-electron chi connectivity index (χ1n) is 10.1. The zero-order valence-electron chi connectivity index (χ0n) is 17.3. The Morgan fingerprint density at radius 1 is 1.03 bits per heavy atom. The molecule has 0 spiro atoms. The van der Waals surface area contributed by atoms with Crippen LogP contribution in [0, 0.1) is 0 Å². The fraction of sp³-hybridized carbons (Fsp3) is 0.261. The van der Waals surface area contributed by atoms with E-state index in [2.05, 4.69) is 17.0 Å². The van der Waals surface area contributed by atoms with Gasteiger partial charge in [-0.2, -0.15) is 0 Å². The highest BCUT2D eigenvalue weighted by molar-refractivity contribution is 7.94. The highest BCUT2D eigenvalue weighted by Crippen LogP contribution is 2.20. The maximum atomic E-state index is 12.4. The van der Waals surface area contributed by atoms with Gasteiger partial charge in [-0.3, -0.25) is 9.52 Å². The summed E-state index contributed by atoms with van der Waals surface area (Å²) in [7, 11) is -3.60. The van der Waals surface area contributed by atoms with E-state index in [9.17, 15) is 13.2 Å². The van der Waals surface area contributed by atoms with Gasteiger partial charge in [0.2, 0.25) is 0 Å². The molecular formula is C23H26N2O4S2. The van der Waals surface area contributed by atoms with E-state index in [4.69, 9.17) is 4.74 Å². The molecule has 164 valence electrons. The van der Waals surface area contributed by atoms with Crippen molar-refractivity contribution in [3.63, 3.8) is 0 Å². The van der Waals surface area contributed by atoms with Crippen LogP contribution in [0.1, 0.15) is 35.7 Å². The van der Waals surface area contributed by atoms with Gasteiger partial charge in [0.25, 0.3) is 15.9 Å². The van der Waals surface area contributed by atoms with Gasteiger partial charge >= 0.3 is 0 Å². The molecule has 3 aromatic rings. The summed E-state index contributed by atoms with van der Waals surface area (Å²) in [6, 6.07) is 17.5. The summed E-state index contributed by atoms with van der Waals surface area (Å²) < 4.78 is 32.9. The van der Waals surface area contributed by atoms with Crippen LogP contribution in [-0.2, 0) is 16.4 Å². The number of unbranched alkanes of at least 4 members (excludes halogenated alkanes) is 1. The minimum Gasteiger partial charge on any atom is -0.494 e. The lowest BCUT2D eigenvalue weighted by Crippen LogP contribution is -2.25. The van der Waals surface area contributed by atoms with E-state index in [-0.39, 0.29) is 10.1 Å². The Bertz CT molecular complexity index is 1060. The van der Waals surface area contributed by atoms with Crippen LogP contribution in [0.15, 0.2) is 70.3 Å². The van der Waals surface area contributed by atoms with E-state index in [1.54, 1.807) is 41.8 Å². The molecule has 0 bridgehead atoms. The first-order chi connectivity index (χ1) is 15.0. The lowest BCUT2D eigenvalue weighted by molar-refractivity contribution is 0.0954. The normalized spacial score (nSPS) is 11.1. The molecule has 0 aliphatic heterocycles. The molecule has 3 rings (SSSR count). The zero-order chi connectivity index (χ0) is 22.1. The Labute approximate surface area is 187 Å². The highest BCUT2D eigenvalue weighted by Gasteiger charge is 2.15. The number of benzene rings is 2. The van der Waals surface area contributed by atoms with Crippen LogP contribution >= 0.6 is 11.3 Å². The summed E-state index contributed by atoms with van der Waals surface area (Å²) in [5.41, 5.74) is 1.99. The van der Waals surface area contributed by atoms with Gasteiger partial charge in [0.15, 0.2) is 0 Å². The van der Waals surface area contributed by atoms with Crippen LogP contribution in [0.2, 0.25) is 0 Å². The summed E-state index contributed by atoms with van der Waals surface area (Å²) >= 11 is 1.15. The molecular weight excluding hydrogens is 432 g/mol. The average molecular weight is 459 g/mol. The molecule has 1 amide bonds. The van der Waals surface area contributed by atoms with Crippen LogP contribution < -0.4 is 14.8 Å². The fourth-order valence-corrected chi connectivity index (χ4v) is 4.87. The van der Waals surface area contributed by atoms with Gasteiger partial charge in [0, 0.05) is 17.8 Å². The molecule has 0 atom stereocenters. The molecule has 6 nitrogen and oxygen atoms in total. The highest BCUT2D eigenvalue weighted by atomic mass is 32.2. The third kappa shape index (κ3) is 6.83. The maximum absolute atomic E-state index is 12.4. The molecule has 31 heavy (non-hydrogen) atoms. The third-order valence-electron chi connectivity index (χ3n) is 4.55. The quantitative estimate of drug-likeness (QED) is 0.408. The van der Waals surface area contributed by atoms with Crippen LogP contribution in [0.3, 0.4) is 0 Å². The molecule has 1 aromatic heterocycles. The molecule has 8 heteroatoms. The van der Waals surface area contributed by atoms with Gasteiger partial charge in [0.05, 0.1) is 6.61 Å². The molecule has 0 fully saturated rings. The van der Waals surface area contributed by atoms with Gasteiger partial charge in [-0.25, -0.2) is 8.42 Å². The summed E-state index contributed by atoms with van der Waals surface area (Å²) in [5, 5.41) is 4.59. The van der Waals surface area contributed by atoms with Gasteiger partial charge in [-0.15, -0.1) is 11.3 Å². The molecule has 0 aliphatic carbocycles. The second-order valence-electron chi connectivity index (χ2n) is 6.97. The van der Waals surface area contributed by atoms with Crippen molar-refractivity contribution in [2.45, 2.75) is 30.4 Å². The van der Waals surface area contributed by atoms with Crippen molar-refractivity contribution in [2.75, 3.05) is 17.9 Å². The van der Waals surface area contributed by atoms with Gasteiger partial charge in [-0.1, -0.05) is 31.5 Å². The molecule has 2 N–H and O–H groups in total. The number of sulfonamides is 1. The number of hydrogen-bond donors (Lipinski definition) is 2. The number of ether oxygens (including phenoxy) is 1. The smallest absolute Gasteiger partial charge is 0.271 e. The lowest BCUT2D eigenvalue weighted by Gasteiger charge is -2.09. The predicted molar refractivity (Wildman–Crippen MR) is 124 cm³/mol. The van der Waals surface area contributed by atoms with E-state index >= 15 is 0 Å². The van der Waals surface area contributed by atoms with Gasteiger partial charge in [-0.05, 0) is 66.2 Å². The molecule has 0 radical (unpaired) electrons. The number of nitrogens with one attached hydrogen (secondary N) is 2. The standard InChI is InChI=1S/C23H26N2O4S2/c1-2-3-16-29-21-12-6-18(7-13-21)14-15-24-23(26)19-8-10-20(11-9-19)25-31(27,28)22-5-4-17-30-22/h4-13,17,25H,2-3,14-16H2,1H3,(H,24,26). The van der Waals surface area contributed by atoms with E-state index in [1.807, 2.05) is 24.3 Å². The average Bonchev–Trinajstić information content (AvgIpc) is 3.31. The fourth-order valence-electron chi connectivity index (χ4n) is 2.82.